The number of halogens is 4. The molecule has 3 aromatic rings. The lowest BCUT2D eigenvalue weighted by Gasteiger charge is -2.09. The number of oxazole rings is 1. The summed E-state index contributed by atoms with van der Waals surface area (Å²) in [6, 6.07) is 4.71. The van der Waals surface area contributed by atoms with E-state index >= 15 is 0 Å². The highest BCUT2D eigenvalue weighted by Gasteiger charge is 2.25. The zero-order chi connectivity index (χ0) is 21.8. The fourth-order valence-corrected chi connectivity index (χ4v) is 3.39. The lowest BCUT2D eigenvalue weighted by atomic mass is 10.1. The van der Waals surface area contributed by atoms with Crippen LogP contribution in [0.25, 0.3) is 11.5 Å². The van der Waals surface area contributed by atoms with E-state index in [1.807, 2.05) is 6.92 Å². The van der Waals surface area contributed by atoms with Crippen molar-refractivity contribution in [1.82, 2.24) is 9.97 Å². The summed E-state index contributed by atoms with van der Waals surface area (Å²) in [6.07, 6.45) is 2.81. The number of benzene rings is 1. The van der Waals surface area contributed by atoms with Crippen LogP contribution in [0.2, 0.25) is 10.0 Å². The van der Waals surface area contributed by atoms with Crippen molar-refractivity contribution in [2.24, 2.45) is 5.73 Å². The number of nitrogens with zero attached hydrogens (tertiary/aromatic N) is 2. The number of hydrogen-bond donors (Lipinski definition) is 1. The number of ether oxygens (including phenoxy) is 2. The molecule has 174 valence electrons. The highest BCUT2D eigenvalue weighted by Crippen LogP contribution is 2.34. The maximum absolute atomic E-state index is 13.0. The molecule has 0 spiro atoms. The number of hydrogen-bond acceptors (Lipinski definition) is 7. The number of pyridine rings is 1. The van der Waals surface area contributed by atoms with Crippen molar-refractivity contribution in [3.05, 3.63) is 57.7 Å². The minimum absolute atomic E-state index is 0. The second-order valence-corrected chi connectivity index (χ2v) is 7.32. The van der Waals surface area contributed by atoms with Gasteiger partial charge in [0.15, 0.2) is 28.7 Å². The Morgan fingerprint density at radius 1 is 1.19 bits per heavy atom. The summed E-state index contributed by atoms with van der Waals surface area (Å²) in [7, 11) is 1.56. The summed E-state index contributed by atoms with van der Waals surface area (Å²) in [5.41, 5.74) is 7.26. The molecular formula is C21H23Cl4N3O4. The van der Waals surface area contributed by atoms with Crippen LogP contribution in [0.3, 0.4) is 0 Å². The van der Waals surface area contributed by atoms with Gasteiger partial charge in [-0.15, -0.1) is 24.8 Å². The standard InChI is InChI=1S/C21H21Cl2N3O4.2ClH/c1-4-29-18-7-12(5-6-17(18)28-3)21-26-19(20(30-21)11(2)24)16(27)8-13-14(22)9-25-10-15(13)23;;/h5-7,9-11H,4,8,24H2,1-3H3;2*1H/t11-;;/m0../s1. The Labute approximate surface area is 208 Å². The smallest absolute Gasteiger partial charge is 0.227 e. The molecule has 2 aromatic heterocycles. The van der Waals surface area contributed by atoms with Crippen LogP contribution in [0, 0.1) is 0 Å². The molecule has 2 heterocycles. The van der Waals surface area contributed by atoms with E-state index in [0.29, 0.717) is 39.3 Å². The molecule has 2 N–H and O–H groups in total. The number of rotatable bonds is 8. The Morgan fingerprint density at radius 3 is 2.41 bits per heavy atom. The SMILES string of the molecule is CCOc1cc(-c2nc(C(=O)Cc3c(Cl)cncc3Cl)c([C@H](C)N)o2)ccc1OC.Cl.Cl. The maximum atomic E-state index is 13.0. The largest absolute Gasteiger partial charge is 0.493 e. The zero-order valence-electron chi connectivity index (χ0n) is 17.6. The number of carbonyl (C=O) groups excluding carboxylic acids is 1. The number of Topliss-reactive ketones (excluding diaryl/α,β-unsaturated/α-hetero) is 1. The Morgan fingerprint density at radius 2 is 1.84 bits per heavy atom. The second-order valence-electron chi connectivity index (χ2n) is 6.50. The average molecular weight is 523 g/mol. The first kappa shape index (κ1) is 28.0. The Balaban J connectivity index is 0.00000256. The quantitative estimate of drug-likeness (QED) is 0.376. The maximum Gasteiger partial charge on any atom is 0.227 e. The molecule has 0 aliphatic heterocycles. The third kappa shape index (κ3) is 6.05. The molecule has 0 saturated heterocycles. The Kier molecular flexibility index (Phi) is 10.7. The molecule has 1 aromatic carbocycles. The topological polar surface area (TPSA) is 100 Å². The van der Waals surface area contributed by atoms with Crippen molar-refractivity contribution in [1.29, 1.82) is 0 Å². The van der Waals surface area contributed by atoms with Crippen LogP contribution in [-0.2, 0) is 6.42 Å². The van der Waals surface area contributed by atoms with E-state index in [2.05, 4.69) is 9.97 Å². The first-order valence-electron chi connectivity index (χ1n) is 9.24. The lowest BCUT2D eigenvalue weighted by Crippen LogP contribution is -2.13. The average Bonchev–Trinajstić information content (AvgIpc) is 3.17. The van der Waals surface area contributed by atoms with Crippen molar-refractivity contribution in [2.45, 2.75) is 26.3 Å². The van der Waals surface area contributed by atoms with Gasteiger partial charge < -0.3 is 19.6 Å². The molecule has 0 saturated carbocycles. The van der Waals surface area contributed by atoms with Gasteiger partial charge in [0.05, 0.1) is 29.8 Å². The molecule has 0 radical (unpaired) electrons. The molecule has 0 aliphatic carbocycles. The molecule has 0 unspecified atom stereocenters. The molecule has 11 heteroatoms. The fraction of sp³-hybridized carbons (Fsp3) is 0.286. The molecule has 0 fully saturated rings. The monoisotopic (exact) mass is 521 g/mol. The molecule has 1 atom stereocenters. The second kappa shape index (κ2) is 12.3. The predicted molar refractivity (Wildman–Crippen MR) is 129 cm³/mol. The zero-order valence-corrected chi connectivity index (χ0v) is 20.7. The summed E-state index contributed by atoms with van der Waals surface area (Å²) in [6.45, 7) is 4.05. The van der Waals surface area contributed by atoms with E-state index in [1.54, 1.807) is 32.2 Å². The molecule has 7 nitrogen and oxygen atoms in total. The predicted octanol–water partition coefficient (Wildman–Crippen LogP) is 5.74. The van der Waals surface area contributed by atoms with Crippen LogP contribution in [0.1, 0.15) is 41.7 Å². The fourth-order valence-electron chi connectivity index (χ4n) is 2.89. The Hall–Kier alpha value is -2.03. The van der Waals surface area contributed by atoms with Crippen LogP contribution in [0.4, 0.5) is 0 Å². The van der Waals surface area contributed by atoms with E-state index in [1.165, 1.54) is 12.4 Å². The van der Waals surface area contributed by atoms with Crippen molar-refractivity contribution in [3.8, 4) is 23.0 Å². The van der Waals surface area contributed by atoms with Crippen molar-refractivity contribution < 1.29 is 18.7 Å². The molecule has 3 rings (SSSR count). The number of nitrogens with two attached hydrogens (primary N) is 1. The minimum atomic E-state index is -0.543. The van der Waals surface area contributed by atoms with E-state index in [9.17, 15) is 4.79 Å². The van der Waals surface area contributed by atoms with Crippen LogP contribution in [0.15, 0.2) is 35.0 Å². The van der Waals surface area contributed by atoms with Gasteiger partial charge in [-0.05, 0) is 32.0 Å². The van der Waals surface area contributed by atoms with E-state index in [0.717, 1.165) is 0 Å². The summed E-state index contributed by atoms with van der Waals surface area (Å²) < 4.78 is 16.8. The molecule has 0 aliphatic rings. The summed E-state index contributed by atoms with van der Waals surface area (Å²) in [5.74, 6) is 1.34. The number of methoxy groups -OCH3 is 1. The van der Waals surface area contributed by atoms with Gasteiger partial charge >= 0.3 is 0 Å². The number of ketones is 1. The summed E-state index contributed by atoms with van der Waals surface area (Å²) in [4.78, 5) is 21.3. The highest BCUT2D eigenvalue weighted by molar-refractivity contribution is 6.36. The van der Waals surface area contributed by atoms with Gasteiger partial charge in [0.25, 0.3) is 0 Å². The van der Waals surface area contributed by atoms with E-state index in [4.69, 9.17) is 42.8 Å². The Bertz CT molecular complexity index is 1050. The summed E-state index contributed by atoms with van der Waals surface area (Å²) in [5, 5.41) is 0.608. The van der Waals surface area contributed by atoms with E-state index in [-0.39, 0.29) is 54.4 Å². The lowest BCUT2D eigenvalue weighted by molar-refractivity contribution is 0.0986. The van der Waals surface area contributed by atoms with Gasteiger partial charge in [-0.2, -0.15) is 0 Å². The van der Waals surface area contributed by atoms with Gasteiger partial charge in [-0.1, -0.05) is 23.2 Å². The van der Waals surface area contributed by atoms with Gasteiger partial charge in [0, 0.05) is 29.9 Å². The molecular weight excluding hydrogens is 500 g/mol. The van der Waals surface area contributed by atoms with Crippen LogP contribution < -0.4 is 15.2 Å². The van der Waals surface area contributed by atoms with Crippen molar-refractivity contribution >= 4 is 53.8 Å². The number of aromatic nitrogens is 2. The number of carbonyl (C=O) groups is 1. The van der Waals surface area contributed by atoms with Gasteiger partial charge in [0.1, 0.15) is 0 Å². The minimum Gasteiger partial charge on any atom is -0.493 e. The van der Waals surface area contributed by atoms with Crippen LogP contribution in [0.5, 0.6) is 11.5 Å². The van der Waals surface area contributed by atoms with E-state index < -0.39 is 6.04 Å². The normalized spacial score (nSPS) is 11.2. The van der Waals surface area contributed by atoms with Gasteiger partial charge in [-0.3, -0.25) is 9.78 Å². The third-order valence-electron chi connectivity index (χ3n) is 4.33. The van der Waals surface area contributed by atoms with Gasteiger partial charge in [0.2, 0.25) is 5.89 Å². The molecule has 32 heavy (non-hydrogen) atoms. The van der Waals surface area contributed by atoms with Crippen molar-refractivity contribution in [2.75, 3.05) is 13.7 Å². The molecule has 0 bridgehead atoms. The highest BCUT2D eigenvalue weighted by atomic mass is 35.5. The summed E-state index contributed by atoms with van der Waals surface area (Å²) >= 11 is 12.3. The first-order chi connectivity index (χ1) is 14.3. The van der Waals surface area contributed by atoms with Crippen LogP contribution in [-0.4, -0.2) is 29.5 Å². The van der Waals surface area contributed by atoms with Crippen molar-refractivity contribution in [3.63, 3.8) is 0 Å². The van der Waals surface area contributed by atoms with Crippen LogP contribution >= 0.6 is 48.0 Å². The van der Waals surface area contributed by atoms with Gasteiger partial charge in [-0.25, -0.2) is 4.98 Å². The first-order valence-corrected chi connectivity index (χ1v) is 9.99. The molecule has 0 amide bonds. The third-order valence-corrected chi connectivity index (χ3v) is 4.98.